The van der Waals surface area contributed by atoms with E-state index in [0.717, 1.165) is 30.2 Å². The van der Waals surface area contributed by atoms with Crippen molar-refractivity contribution in [3.63, 3.8) is 0 Å². The van der Waals surface area contributed by atoms with Gasteiger partial charge in [-0.3, -0.25) is 4.90 Å². The lowest BCUT2D eigenvalue weighted by Crippen LogP contribution is -2.19. The van der Waals surface area contributed by atoms with E-state index in [9.17, 15) is 0 Å². The van der Waals surface area contributed by atoms with Gasteiger partial charge in [0.2, 0.25) is 0 Å². The van der Waals surface area contributed by atoms with E-state index in [4.69, 9.17) is 11.6 Å². The molecule has 0 aliphatic rings. The van der Waals surface area contributed by atoms with Gasteiger partial charge in [0, 0.05) is 25.4 Å². The number of para-hydroxylation sites is 1. The third-order valence-electron chi connectivity index (χ3n) is 3.55. The highest BCUT2D eigenvalue weighted by atomic mass is 35.5. The van der Waals surface area contributed by atoms with E-state index in [2.05, 4.69) is 28.2 Å². The van der Waals surface area contributed by atoms with Crippen LogP contribution in [0.1, 0.15) is 11.4 Å². The topological polar surface area (TPSA) is 38.9 Å². The van der Waals surface area contributed by atoms with E-state index < -0.39 is 0 Å². The second-order valence-corrected chi connectivity index (χ2v) is 5.74. The lowest BCUT2D eigenvalue weighted by atomic mass is 10.3. The van der Waals surface area contributed by atoms with Gasteiger partial charge in [0.25, 0.3) is 0 Å². The SMILES string of the molecule is CN(Cc1cnn(-c2ccccc2)c1)Cc1ncc(Cl)n1C. The molecular weight excluding hydrogens is 298 g/mol. The lowest BCUT2D eigenvalue weighted by molar-refractivity contribution is 0.307. The summed E-state index contributed by atoms with van der Waals surface area (Å²) in [6, 6.07) is 10.1. The minimum Gasteiger partial charge on any atom is -0.321 e. The van der Waals surface area contributed by atoms with Gasteiger partial charge in [0.05, 0.1) is 24.6 Å². The Morgan fingerprint density at radius 1 is 1.14 bits per heavy atom. The first kappa shape index (κ1) is 14.8. The molecule has 0 bridgehead atoms. The van der Waals surface area contributed by atoms with Gasteiger partial charge < -0.3 is 4.57 Å². The van der Waals surface area contributed by atoms with Crippen LogP contribution < -0.4 is 0 Å². The molecule has 0 amide bonds. The number of hydrogen-bond acceptors (Lipinski definition) is 3. The third-order valence-corrected chi connectivity index (χ3v) is 3.90. The summed E-state index contributed by atoms with van der Waals surface area (Å²) in [6.45, 7) is 1.54. The van der Waals surface area contributed by atoms with Gasteiger partial charge in [-0.15, -0.1) is 0 Å². The molecule has 2 aromatic heterocycles. The molecule has 6 heteroatoms. The zero-order valence-electron chi connectivity index (χ0n) is 12.6. The minimum absolute atomic E-state index is 0.653. The van der Waals surface area contributed by atoms with Gasteiger partial charge in [-0.2, -0.15) is 5.10 Å². The van der Waals surface area contributed by atoms with Gasteiger partial charge in [0.1, 0.15) is 11.0 Å². The minimum atomic E-state index is 0.653. The van der Waals surface area contributed by atoms with Crippen molar-refractivity contribution in [2.45, 2.75) is 13.1 Å². The van der Waals surface area contributed by atoms with Gasteiger partial charge in [-0.05, 0) is 19.2 Å². The largest absolute Gasteiger partial charge is 0.321 e. The van der Waals surface area contributed by atoms with Crippen LogP contribution >= 0.6 is 11.6 Å². The monoisotopic (exact) mass is 315 g/mol. The van der Waals surface area contributed by atoms with Crippen molar-refractivity contribution in [1.82, 2.24) is 24.2 Å². The van der Waals surface area contributed by atoms with Crippen LogP contribution in [0.3, 0.4) is 0 Å². The van der Waals surface area contributed by atoms with Crippen molar-refractivity contribution in [3.8, 4) is 5.69 Å². The summed E-state index contributed by atoms with van der Waals surface area (Å²) in [5.41, 5.74) is 2.22. The fourth-order valence-corrected chi connectivity index (χ4v) is 2.49. The van der Waals surface area contributed by atoms with Gasteiger partial charge in [0.15, 0.2) is 0 Å². The van der Waals surface area contributed by atoms with Crippen LogP contribution in [-0.4, -0.2) is 31.3 Å². The smallest absolute Gasteiger partial charge is 0.128 e. The van der Waals surface area contributed by atoms with Crippen molar-refractivity contribution in [2.24, 2.45) is 7.05 Å². The number of nitrogens with zero attached hydrogens (tertiary/aromatic N) is 5. The molecule has 0 saturated heterocycles. The molecule has 0 aliphatic carbocycles. The Hall–Kier alpha value is -2.11. The average molecular weight is 316 g/mol. The number of hydrogen-bond donors (Lipinski definition) is 0. The van der Waals surface area contributed by atoms with E-state index in [1.807, 2.05) is 52.8 Å². The van der Waals surface area contributed by atoms with E-state index in [1.165, 1.54) is 0 Å². The van der Waals surface area contributed by atoms with Gasteiger partial charge in [-0.1, -0.05) is 29.8 Å². The molecule has 0 radical (unpaired) electrons. The Balaban J connectivity index is 1.66. The summed E-state index contributed by atoms with van der Waals surface area (Å²) in [6.07, 6.45) is 5.63. The molecule has 1 aromatic carbocycles. The number of halogens is 1. The molecule has 2 heterocycles. The summed E-state index contributed by atoms with van der Waals surface area (Å²) < 4.78 is 3.78. The van der Waals surface area contributed by atoms with Crippen molar-refractivity contribution in [2.75, 3.05) is 7.05 Å². The quantitative estimate of drug-likeness (QED) is 0.726. The summed E-state index contributed by atoms with van der Waals surface area (Å²) in [5, 5.41) is 5.07. The molecule has 5 nitrogen and oxygen atoms in total. The maximum Gasteiger partial charge on any atom is 0.128 e. The van der Waals surface area contributed by atoms with Crippen LogP contribution in [0, 0.1) is 0 Å². The Morgan fingerprint density at radius 2 is 1.91 bits per heavy atom. The molecule has 0 unspecified atom stereocenters. The zero-order chi connectivity index (χ0) is 15.5. The number of imidazole rings is 1. The molecule has 0 aliphatic heterocycles. The second kappa shape index (κ2) is 6.34. The Morgan fingerprint density at radius 3 is 2.59 bits per heavy atom. The molecule has 3 aromatic rings. The predicted octanol–water partition coefficient (Wildman–Crippen LogP) is 2.89. The van der Waals surface area contributed by atoms with Crippen LogP contribution in [0.2, 0.25) is 5.15 Å². The first-order chi connectivity index (χ1) is 10.6. The number of benzene rings is 1. The van der Waals surface area contributed by atoms with Crippen molar-refractivity contribution >= 4 is 11.6 Å². The van der Waals surface area contributed by atoms with Crippen LogP contribution in [0.15, 0.2) is 48.9 Å². The third kappa shape index (κ3) is 3.21. The molecular formula is C16H18ClN5. The number of aromatic nitrogens is 4. The summed E-state index contributed by atoms with van der Waals surface area (Å²) in [5.74, 6) is 0.947. The van der Waals surface area contributed by atoms with Crippen molar-refractivity contribution in [3.05, 3.63) is 65.5 Å². The standard InChI is InChI=1S/C16H18ClN5/c1-20(12-16-18-9-15(17)21(16)2)10-13-8-19-22(11-13)14-6-4-3-5-7-14/h3-9,11H,10,12H2,1-2H3. The van der Waals surface area contributed by atoms with E-state index in [0.29, 0.717) is 5.15 Å². The lowest BCUT2D eigenvalue weighted by Gasteiger charge is -2.15. The zero-order valence-corrected chi connectivity index (χ0v) is 13.4. The van der Waals surface area contributed by atoms with E-state index >= 15 is 0 Å². The van der Waals surface area contributed by atoms with E-state index in [-0.39, 0.29) is 0 Å². The first-order valence-electron chi connectivity index (χ1n) is 7.07. The Labute approximate surface area is 134 Å². The summed E-state index contributed by atoms with van der Waals surface area (Å²) in [7, 11) is 3.98. The predicted molar refractivity (Wildman–Crippen MR) is 87.0 cm³/mol. The summed E-state index contributed by atoms with van der Waals surface area (Å²) in [4.78, 5) is 6.50. The second-order valence-electron chi connectivity index (χ2n) is 5.36. The number of rotatable bonds is 5. The van der Waals surface area contributed by atoms with Crippen LogP contribution in [-0.2, 0) is 20.1 Å². The molecule has 0 saturated carbocycles. The Kier molecular flexibility index (Phi) is 4.27. The van der Waals surface area contributed by atoms with Crippen molar-refractivity contribution < 1.29 is 0 Å². The molecule has 0 atom stereocenters. The van der Waals surface area contributed by atoms with Crippen LogP contribution in [0.4, 0.5) is 0 Å². The molecule has 0 spiro atoms. The molecule has 22 heavy (non-hydrogen) atoms. The van der Waals surface area contributed by atoms with Crippen molar-refractivity contribution in [1.29, 1.82) is 0 Å². The fraction of sp³-hybridized carbons (Fsp3) is 0.250. The summed E-state index contributed by atoms with van der Waals surface area (Å²) >= 11 is 6.01. The molecule has 114 valence electrons. The highest BCUT2D eigenvalue weighted by Gasteiger charge is 2.09. The maximum atomic E-state index is 6.01. The fourth-order valence-electron chi connectivity index (χ4n) is 2.34. The van der Waals surface area contributed by atoms with E-state index in [1.54, 1.807) is 6.20 Å². The van der Waals surface area contributed by atoms with Gasteiger partial charge in [-0.25, -0.2) is 9.67 Å². The highest BCUT2D eigenvalue weighted by Crippen LogP contribution is 2.13. The van der Waals surface area contributed by atoms with Crippen LogP contribution in [0.5, 0.6) is 0 Å². The van der Waals surface area contributed by atoms with Crippen LogP contribution in [0.25, 0.3) is 5.69 Å². The normalized spacial score (nSPS) is 11.3. The average Bonchev–Trinajstić information content (AvgIpc) is 3.10. The molecule has 3 rings (SSSR count). The molecule has 0 N–H and O–H groups in total. The maximum absolute atomic E-state index is 6.01. The van der Waals surface area contributed by atoms with Gasteiger partial charge >= 0.3 is 0 Å². The first-order valence-corrected chi connectivity index (χ1v) is 7.45. The molecule has 0 fully saturated rings. The highest BCUT2D eigenvalue weighted by molar-refractivity contribution is 6.29. The Bertz CT molecular complexity index is 747.